The van der Waals surface area contributed by atoms with Gasteiger partial charge in [0.15, 0.2) is 0 Å². The normalized spacial score (nSPS) is 11.1. The van der Waals surface area contributed by atoms with Gasteiger partial charge >= 0.3 is 0 Å². The Hall–Kier alpha value is -1.13. The lowest BCUT2D eigenvalue weighted by atomic mass is 10.2. The molecule has 0 saturated carbocycles. The Morgan fingerprint density at radius 3 is 2.53 bits per heavy atom. The van der Waals surface area contributed by atoms with Gasteiger partial charge in [0.2, 0.25) is 0 Å². The van der Waals surface area contributed by atoms with Crippen LogP contribution < -0.4 is 10.2 Å². The molecule has 0 aliphatic rings. The fraction of sp³-hybridized carbons (Fsp3) is 0.667. The predicted molar refractivity (Wildman–Crippen MR) is 82.8 cm³/mol. The summed E-state index contributed by atoms with van der Waals surface area (Å²) in [6.45, 7) is 8.30. The van der Waals surface area contributed by atoms with Gasteiger partial charge in [0.1, 0.15) is 5.82 Å². The molecule has 0 aromatic carbocycles. The molecule has 0 bridgehead atoms. The number of hydrogen-bond donors (Lipinski definition) is 1. The highest BCUT2D eigenvalue weighted by atomic mass is 15.2. The van der Waals surface area contributed by atoms with Gasteiger partial charge in [0, 0.05) is 26.3 Å². The van der Waals surface area contributed by atoms with Gasteiger partial charge in [-0.25, -0.2) is 4.98 Å². The van der Waals surface area contributed by atoms with Gasteiger partial charge in [0.05, 0.1) is 0 Å². The Morgan fingerprint density at radius 1 is 1.21 bits per heavy atom. The molecule has 0 atom stereocenters. The van der Waals surface area contributed by atoms with Crippen molar-refractivity contribution in [1.82, 2.24) is 15.2 Å². The van der Waals surface area contributed by atoms with E-state index in [-0.39, 0.29) is 0 Å². The van der Waals surface area contributed by atoms with Gasteiger partial charge in [-0.15, -0.1) is 0 Å². The molecule has 1 heterocycles. The monoisotopic (exact) mass is 264 g/mol. The first-order chi connectivity index (χ1) is 9.04. The Balaban J connectivity index is 2.57. The first kappa shape index (κ1) is 15.9. The molecule has 0 unspecified atom stereocenters. The highest BCUT2D eigenvalue weighted by Crippen LogP contribution is 2.16. The van der Waals surface area contributed by atoms with Gasteiger partial charge in [0.25, 0.3) is 0 Å². The number of hydrogen-bond acceptors (Lipinski definition) is 4. The zero-order valence-electron chi connectivity index (χ0n) is 13.0. The number of aromatic nitrogens is 1. The molecule has 19 heavy (non-hydrogen) atoms. The Bertz CT molecular complexity index is 376. The van der Waals surface area contributed by atoms with Gasteiger partial charge in [-0.1, -0.05) is 6.92 Å². The van der Waals surface area contributed by atoms with Crippen molar-refractivity contribution in [2.45, 2.75) is 26.8 Å². The fourth-order valence-electron chi connectivity index (χ4n) is 2.12. The van der Waals surface area contributed by atoms with Crippen LogP contribution in [0.3, 0.4) is 0 Å². The predicted octanol–water partition coefficient (Wildman–Crippen LogP) is 1.89. The van der Waals surface area contributed by atoms with Crippen molar-refractivity contribution in [3.8, 4) is 0 Å². The summed E-state index contributed by atoms with van der Waals surface area (Å²) in [7, 11) is 6.34. The van der Waals surface area contributed by atoms with E-state index in [1.807, 2.05) is 6.20 Å². The highest BCUT2D eigenvalue weighted by molar-refractivity contribution is 5.46. The number of nitrogens with zero attached hydrogens (tertiary/aromatic N) is 3. The molecular weight excluding hydrogens is 236 g/mol. The number of nitrogens with one attached hydrogen (secondary N) is 1. The zero-order chi connectivity index (χ0) is 14.3. The van der Waals surface area contributed by atoms with Crippen LogP contribution in [0.1, 0.15) is 24.5 Å². The van der Waals surface area contributed by atoms with Gasteiger partial charge in [-0.3, -0.25) is 0 Å². The summed E-state index contributed by atoms with van der Waals surface area (Å²) in [5.41, 5.74) is 2.51. The van der Waals surface area contributed by atoms with Crippen LogP contribution in [0.5, 0.6) is 0 Å². The highest BCUT2D eigenvalue weighted by Gasteiger charge is 2.07. The number of rotatable bonds is 8. The average molecular weight is 264 g/mol. The molecule has 0 aliphatic heterocycles. The van der Waals surface area contributed by atoms with Gasteiger partial charge in [-0.2, -0.15) is 0 Å². The molecular formula is C15H28N4. The zero-order valence-corrected chi connectivity index (χ0v) is 13.0. The maximum absolute atomic E-state index is 4.60. The summed E-state index contributed by atoms with van der Waals surface area (Å²) < 4.78 is 0. The van der Waals surface area contributed by atoms with E-state index in [1.165, 1.54) is 11.1 Å². The lowest BCUT2D eigenvalue weighted by molar-refractivity contribution is 0.401. The van der Waals surface area contributed by atoms with Crippen molar-refractivity contribution in [2.24, 2.45) is 0 Å². The quantitative estimate of drug-likeness (QED) is 0.777. The average Bonchev–Trinajstić information content (AvgIpc) is 2.35. The second-order valence-electron chi connectivity index (χ2n) is 5.34. The van der Waals surface area contributed by atoms with Crippen molar-refractivity contribution >= 4 is 5.82 Å². The van der Waals surface area contributed by atoms with E-state index in [2.05, 4.69) is 61.2 Å². The molecule has 0 spiro atoms. The molecule has 1 aromatic rings. The second-order valence-corrected chi connectivity index (χ2v) is 5.34. The fourth-order valence-corrected chi connectivity index (χ4v) is 2.12. The SMILES string of the molecule is CCNCc1cnc(N(C)CCCN(C)C)c(C)c1. The molecule has 4 nitrogen and oxygen atoms in total. The molecule has 1 rings (SSSR count). The van der Waals surface area contributed by atoms with Crippen molar-refractivity contribution in [1.29, 1.82) is 0 Å². The smallest absolute Gasteiger partial charge is 0.131 e. The minimum Gasteiger partial charge on any atom is -0.359 e. The summed E-state index contributed by atoms with van der Waals surface area (Å²) in [4.78, 5) is 9.06. The molecule has 108 valence electrons. The number of aryl methyl sites for hydroxylation is 1. The Labute approximate surface area is 117 Å². The maximum Gasteiger partial charge on any atom is 0.131 e. The molecule has 1 aromatic heterocycles. The first-order valence-electron chi connectivity index (χ1n) is 7.06. The van der Waals surface area contributed by atoms with E-state index in [0.29, 0.717) is 0 Å². The third-order valence-electron chi connectivity index (χ3n) is 3.15. The van der Waals surface area contributed by atoms with Crippen molar-refractivity contribution in [3.63, 3.8) is 0 Å². The standard InChI is InChI=1S/C15H28N4/c1-6-16-11-14-10-13(2)15(17-12-14)19(5)9-7-8-18(3)4/h10,12,16H,6-9,11H2,1-5H3. The summed E-state index contributed by atoms with van der Waals surface area (Å²) in [6, 6.07) is 2.23. The minimum absolute atomic E-state index is 0.898. The lowest BCUT2D eigenvalue weighted by Crippen LogP contribution is -2.24. The molecule has 0 fully saturated rings. The van der Waals surface area contributed by atoms with E-state index < -0.39 is 0 Å². The third-order valence-corrected chi connectivity index (χ3v) is 3.15. The molecule has 1 N–H and O–H groups in total. The van der Waals surface area contributed by atoms with Crippen LogP contribution >= 0.6 is 0 Å². The van der Waals surface area contributed by atoms with Crippen molar-refractivity contribution in [3.05, 3.63) is 23.4 Å². The van der Waals surface area contributed by atoms with Crippen LogP contribution in [-0.4, -0.2) is 50.7 Å². The molecule has 4 heteroatoms. The second kappa shape index (κ2) is 8.12. The van der Waals surface area contributed by atoms with Gasteiger partial charge < -0.3 is 15.1 Å². The Kier molecular flexibility index (Phi) is 6.81. The van der Waals surface area contributed by atoms with Crippen LogP contribution in [0.15, 0.2) is 12.3 Å². The van der Waals surface area contributed by atoms with Crippen LogP contribution in [-0.2, 0) is 6.54 Å². The van der Waals surface area contributed by atoms with Crippen LogP contribution in [0.2, 0.25) is 0 Å². The molecule has 0 aliphatic carbocycles. The summed E-state index contributed by atoms with van der Waals surface area (Å²) in [5, 5.41) is 3.33. The molecule has 0 amide bonds. The van der Waals surface area contributed by atoms with Crippen LogP contribution in [0.25, 0.3) is 0 Å². The minimum atomic E-state index is 0.898. The maximum atomic E-state index is 4.60. The molecule has 0 saturated heterocycles. The lowest BCUT2D eigenvalue weighted by Gasteiger charge is -2.21. The topological polar surface area (TPSA) is 31.4 Å². The summed E-state index contributed by atoms with van der Waals surface area (Å²) >= 11 is 0. The summed E-state index contributed by atoms with van der Waals surface area (Å²) in [5.74, 6) is 1.10. The number of pyridine rings is 1. The van der Waals surface area contributed by atoms with E-state index in [1.54, 1.807) is 0 Å². The first-order valence-corrected chi connectivity index (χ1v) is 7.06. The van der Waals surface area contributed by atoms with Crippen LogP contribution in [0.4, 0.5) is 5.82 Å². The van der Waals surface area contributed by atoms with E-state index in [0.717, 1.165) is 38.4 Å². The van der Waals surface area contributed by atoms with E-state index >= 15 is 0 Å². The van der Waals surface area contributed by atoms with Crippen molar-refractivity contribution in [2.75, 3.05) is 45.7 Å². The van der Waals surface area contributed by atoms with E-state index in [9.17, 15) is 0 Å². The van der Waals surface area contributed by atoms with E-state index in [4.69, 9.17) is 0 Å². The molecule has 0 radical (unpaired) electrons. The summed E-state index contributed by atoms with van der Waals surface area (Å²) in [6.07, 6.45) is 3.14. The third kappa shape index (κ3) is 5.57. The van der Waals surface area contributed by atoms with Crippen molar-refractivity contribution < 1.29 is 0 Å². The van der Waals surface area contributed by atoms with Gasteiger partial charge in [-0.05, 0) is 57.7 Å². The number of anilines is 1. The Morgan fingerprint density at radius 2 is 1.95 bits per heavy atom. The largest absolute Gasteiger partial charge is 0.359 e. The van der Waals surface area contributed by atoms with Crippen LogP contribution in [0, 0.1) is 6.92 Å².